The van der Waals surface area contributed by atoms with Gasteiger partial charge in [-0.3, -0.25) is 4.79 Å². The first-order chi connectivity index (χ1) is 11.9. The highest BCUT2D eigenvalue weighted by molar-refractivity contribution is 6.16. The fraction of sp³-hybridized carbons (Fsp3) is 0.529. The minimum absolute atomic E-state index is 0.00958. The van der Waals surface area contributed by atoms with E-state index in [0.717, 1.165) is 12.6 Å². The van der Waals surface area contributed by atoms with E-state index in [9.17, 15) is 19.1 Å². The molecule has 0 aromatic heterocycles. The predicted octanol–water partition coefficient (Wildman–Crippen LogP) is 0.560. The molecule has 134 valence electrons. The van der Waals surface area contributed by atoms with Crippen LogP contribution in [0.1, 0.15) is 13.3 Å². The van der Waals surface area contributed by atoms with E-state index in [1.807, 2.05) is 11.8 Å². The third-order valence-electron chi connectivity index (χ3n) is 5.40. The summed E-state index contributed by atoms with van der Waals surface area (Å²) < 4.78 is 20.7. The van der Waals surface area contributed by atoms with Crippen LogP contribution in [0, 0.1) is 11.8 Å². The Morgan fingerprint density at radius 2 is 2.24 bits per heavy atom. The van der Waals surface area contributed by atoms with Gasteiger partial charge in [-0.05, 0) is 12.3 Å². The normalized spacial score (nSPS) is 34.4. The van der Waals surface area contributed by atoms with Gasteiger partial charge in [0.1, 0.15) is 23.1 Å². The molecule has 4 aliphatic rings. The van der Waals surface area contributed by atoms with Crippen LogP contribution in [0.15, 0.2) is 35.1 Å². The molecule has 0 radical (unpaired) electrons. The Bertz CT molecular complexity index is 744. The minimum atomic E-state index is -1.29. The van der Waals surface area contributed by atoms with E-state index >= 15 is 0 Å². The standard InChI is InChI=1S/C17H20FN3O4/c1-8-7-25-15-13-10(8)4-11(17(23)24)16(22)21(13)6-12(18)14(15)20-3-2-9(19)5-20/h4,6,8-10,13H,2-3,5,7,19H2,1H3,(H,23,24)/t8-,9?,10?,13?/m0/s1. The van der Waals surface area contributed by atoms with Crippen LogP contribution in [-0.2, 0) is 14.3 Å². The number of ether oxygens (including phenoxy) is 1. The number of aliphatic carboxylic acids is 1. The second kappa shape index (κ2) is 5.59. The molecule has 25 heavy (non-hydrogen) atoms. The van der Waals surface area contributed by atoms with E-state index in [4.69, 9.17) is 10.5 Å². The number of halogens is 1. The zero-order chi connectivity index (χ0) is 17.9. The Kier molecular flexibility index (Phi) is 3.61. The smallest absolute Gasteiger partial charge is 0.341 e. The largest absolute Gasteiger partial charge is 0.493 e. The molecule has 0 saturated carbocycles. The number of carboxylic acid groups (broad SMARTS) is 1. The summed E-state index contributed by atoms with van der Waals surface area (Å²) in [4.78, 5) is 27.0. The van der Waals surface area contributed by atoms with Crippen molar-refractivity contribution in [1.29, 1.82) is 0 Å². The number of likely N-dealkylation sites (tertiary alicyclic amines) is 1. The van der Waals surface area contributed by atoms with Crippen LogP contribution in [0.4, 0.5) is 4.39 Å². The van der Waals surface area contributed by atoms with Crippen molar-refractivity contribution in [3.05, 3.63) is 35.1 Å². The lowest BCUT2D eigenvalue weighted by molar-refractivity contribution is -0.139. The van der Waals surface area contributed by atoms with Crippen molar-refractivity contribution in [2.45, 2.75) is 25.4 Å². The van der Waals surface area contributed by atoms with E-state index in [1.165, 1.54) is 11.0 Å². The predicted molar refractivity (Wildman–Crippen MR) is 85.3 cm³/mol. The van der Waals surface area contributed by atoms with Gasteiger partial charge in [0, 0.05) is 31.2 Å². The number of nitrogens with zero attached hydrogens (tertiary/aromatic N) is 2. The summed E-state index contributed by atoms with van der Waals surface area (Å²) in [6.07, 6.45) is 3.38. The number of hydrogen-bond acceptors (Lipinski definition) is 5. The molecular formula is C17H20FN3O4. The van der Waals surface area contributed by atoms with Crippen molar-refractivity contribution in [2.75, 3.05) is 19.7 Å². The molecule has 7 nitrogen and oxygen atoms in total. The SMILES string of the molecule is C[C@H]1COC2=C(N3CCC(N)C3)C(F)=CN3C(=O)C(C(=O)O)=CC1C23. The van der Waals surface area contributed by atoms with E-state index in [-0.39, 0.29) is 23.5 Å². The third kappa shape index (κ3) is 2.35. The molecular weight excluding hydrogens is 329 g/mol. The zero-order valence-electron chi connectivity index (χ0n) is 13.8. The Labute approximate surface area is 144 Å². The molecule has 0 aliphatic carbocycles. The molecule has 4 heterocycles. The molecule has 8 heteroatoms. The first-order valence-corrected chi connectivity index (χ1v) is 8.41. The molecule has 0 bridgehead atoms. The lowest BCUT2D eigenvalue weighted by Gasteiger charge is -2.47. The van der Waals surface area contributed by atoms with Crippen LogP contribution in [-0.4, -0.2) is 58.6 Å². The zero-order valence-corrected chi connectivity index (χ0v) is 13.8. The highest BCUT2D eigenvalue weighted by atomic mass is 19.1. The average molecular weight is 349 g/mol. The summed E-state index contributed by atoms with van der Waals surface area (Å²) >= 11 is 0. The quantitative estimate of drug-likeness (QED) is 0.707. The molecule has 1 amide bonds. The minimum Gasteiger partial charge on any atom is -0.493 e. The van der Waals surface area contributed by atoms with Crippen LogP contribution >= 0.6 is 0 Å². The molecule has 4 atom stereocenters. The second-order valence-corrected chi connectivity index (χ2v) is 7.09. The van der Waals surface area contributed by atoms with E-state index < -0.39 is 23.7 Å². The van der Waals surface area contributed by atoms with Crippen molar-refractivity contribution in [2.24, 2.45) is 17.6 Å². The monoisotopic (exact) mass is 349 g/mol. The van der Waals surface area contributed by atoms with Gasteiger partial charge in [-0.1, -0.05) is 13.0 Å². The van der Waals surface area contributed by atoms with Gasteiger partial charge in [0.05, 0.1) is 6.61 Å². The number of carbonyl (C=O) groups is 2. The van der Waals surface area contributed by atoms with Crippen LogP contribution in [0.5, 0.6) is 0 Å². The lowest BCUT2D eigenvalue weighted by Crippen LogP contribution is -2.54. The number of carboxylic acids is 1. The Balaban J connectivity index is 1.82. The van der Waals surface area contributed by atoms with Gasteiger partial charge in [-0.15, -0.1) is 0 Å². The number of hydrogen-bond donors (Lipinski definition) is 2. The summed E-state index contributed by atoms with van der Waals surface area (Å²) in [5.41, 5.74) is 5.98. The van der Waals surface area contributed by atoms with E-state index in [0.29, 0.717) is 31.2 Å². The highest BCUT2D eigenvalue weighted by Crippen LogP contribution is 2.44. The van der Waals surface area contributed by atoms with Gasteiger partial charge in [-0.25, -0.2) is 9.18 Å². The fourth-order valence-corrected chi connectivity index (χ4v) is 4.11. The van der Waals surface area contributed by atoms with Gasteiger partial charge < -0.3 is 25.4 Å². The van der Waals surface area contributed by atoms with Gasteiger partial charge in [0.2, 0.25) is 0 Å². The van der Waals surface area contributed by atoms with Crippen molar-refractivity contribution >= 4 is 11.9 Å². The number of carbonyl (C=O) groups excluding carboxylic acids is 1. The summed E-state index contributed by atoms with van der Waals surface area (Å²) in [6.45, 7) is 3.44. The summed E-state index contributed by atoms with van der Waals surface area (Å²) in [6, 6.07) is -0.533. The summed E-state index contributed by atoms with van der Waals surface area (Å²) in [7, 11) is 0. The van der Waals surface area contributed by atoms with E-state index in [1.54, 1.807) is 0 Å². The maximum atomic E-state index is 14.9. The maximum absolute atomic E-state index is 14.9. The second-order valence-electron chi connectivity index (χ2n) is 7.09. The van der Waals surface area contributed by atoms with Crippen LogP contribution in [0.2, 0.25) is 0 Å². The topological polar surface area (TPSA) is 96.1 Å². The van der Waals surface area contributed by atoms with Crippen LogP contribution < -0.4 is 5.73 Å². The van der Waals surface area contributed by atoms with Gasteiger partial charge in [0.15, 0.2) is 5.83 Å². The number of rotatable bonds is 2. The lowest BCUT2D eigenvalue weighted by atomic mass is 9.78. The number of nitrogens with two attached hydrogens (primary N) is 1. The summed E-state index contributed by atoms with van der Waals surface area (Å²) in [5, 5.41) is 9.31. The molecule has 3 N–H and O–H groups in total. The molecule has 2 saturated heterocycles. The van der Waals surface area contributed by atoms with Crippen LogP contribution in [0.25, 0.3) is 0 Å². The van der Waals surface area contributed by atoms with Gasteiger partial charge >= 0.3 is 5.97 Å². The molecule has 3 unspecified atom stereocenters. The van der Waals surface area contributed by atoms with Gasteiger partial charge in [-0.2, -0.15) is 0 Å². The van der Waals surface area contributed by atoms with Crippen LogP contribution in [0.3, 0.4) is 0 Å². The molecule has 0 spiro atoms. The number of amides is 1. The highest BCUT2D eigenvalue weighted by Gasteiger charge is 2.50. The number of allylic oxidation sites excluding steroid dienone is 1. The van der Waals surface area contributed by atoms with E-state index in [2.05, 4.69) is 0 Å². The summed E-state index contributed by atoms with van der Waals surface area (Å²) in [5.74, 6) is -2.41. The van der Waals surface area contributed by atoms with Crippen molar-refractivity contribution < 1.29 is 23.8 Å². The Morgan fingerprint density at radius 3 is 2.88 bits per heavy atom. The average Bonchev–Trinajstić information content (AvgIpc) is 2.98. The maximum Gasteiger partial charge on any atom is 0.341 e. The first-order valence-electron chi connectivity index (χ1n) is 8.41. The molecule has 0 aromatic carbocycles. The fourth-order valence-electron chi connectivity index (χ4n) is 4.11. The molecule has 2 fully saturated rings. The van der Waals surface area contributed by atoms with Gasteiger partial charge in [0.25, 0.3) is 5.91 Å². The molecule has 4 rings (SSSR count). The van der Waals surface area contributed by atoms with Crippen molar-refractivity contribution in [3.8, 4) is 0 Å². The van der Waals surface area contributed by atoms with Crippen molar-refractivity contribution in [1.82, 2.24) is 9.80 Å². The first kappa shape index (κ1) is 16.1. The third-order valence-corrected chi connectivity index (χ3v) is 5.40. The van der Waals surface area contributed by atoms with Crippen molar-refractivity contribution in [3.63, 3.8) is 0 Å². The Morgan fingerprint density at radius 1 is 1.48 bits per heavy atom. The Hall–Kier alpha value is -2.35. The molecule has 0 aromatic rings. The molecule has 4 aliphatic heterocycles.